The van der Waals surface area contributed by atoms with E-state index in [1.165, 1.54) is 0 Å². The Morgan fingerprint density at radius 3 is 2.67 bits per heavy atom. The number of nitriles is 1. The first-order valence-corrected chi connectivity index (χ1v) is 5.60. The molecule has 94 valence electrons. The number of hydrogen-bond acceptors (Lipinski definition) is 4. The fraction of sp³-hybridized carbons (Fsp3) is 0.308. The second-order valence-electron chi connectivity index (χ2n) is 3.52. The molecular formula is C13H15N3O2. The zero-order valence-corrected chi connectivity index (χ0v) is 10.4. The van der Waals surface area contributed by atoms with Crippen molar-refractivity contribution in [2.24, 2.45) is 5.10 Å². The van der Waals surface area contributed by atoms with Crippen molar-refractivity contribution in [1.82, 2.24) is 5.43 Å². The Morgan fingerprint density at radius 1 is 1.44 bits per heavy atom. The lowest BCUT2D eigenvalue weighted by atomic mass is 10.1. The van der Waals surface area contributed by atoms with Crippen molar-refractivity contribution in [2.75, 3.05) is 6.61 Å². The van der Waals surface area contributed by atoms with Gasteiger partial charge in [0.25, 0.3) is 5.91 Å². The van der Waals surface area contributed by atoms with Gasteiger partial charge >= 0.3 is 0 Å². The maximum Gasteiger partial charge on any atom is 0.254 e. The molecule has 1 aromatic rings. The molecular weight excluding hydrogens is 230 g/mol. The average Bonchev–Trinajstić information content (AvgIpc) is 2.37. The van der Waals surface area contributed by atoms with E-state index in [9.17, 15) is 4.79 Å². The van der Waals surface area contributed by atoms with Crippen molar-refractivity contribution in [1.29, 1.82) is 5.26 Å². The SMILES string of the molecule is CCOc1ccc(/C(C)=N\NC(=O)CC#N)cc1. The van der Waals surface area contributed by atoms with Gasteiger partial charge in [0.1, 0.15) is 12.2 Å². The Bertz CT molecular complexity index is 472. The van der Waals surface area contributed by atoms with E-state index >= 15 is 0 Å². The second kappa shape index (κ2) is 7.07. The molecule has 0 aliphatic rings. The minimum atomic E-state index is -0.414. The van der Waals surface area contributed by atoms with Gasteiger partial charge in [0.15, 0.2) is 0 Å². The Morgan fingerprint density at radius 2 is 2.11 bits per heavy atom. The molecule has 5 nitrogen and oxygen atoms in total. The molecule has 0 aliphatic carbocycles. The lowest BCUT2D eigenvalue weighted by molar-refractivity contribution is -0.120. The molecule has 0 unspecified atom stereocenters. The van der Waals surface area contributed by atoms with Crippen molar-refractivity contribution >= 4 is 11.6 Å². The van der Waals surface area contributed by atoms with E-state index in [0.717, 1.165) is 11.3 Å². The monoisotopic (exact) mass is 245 g/mol. The number of benzene rings is 1. The molecule has 0 spiro atoms. The highest BCUT2D eigenvalue weighted by Crippen LogP contribution is 2.12. The van der Waals surface area contributed by atoms with Gasteiger partial charge in [-0.15, -0.1) is 0 Å². The fourth-order valence-electron chi connectivity index (χ4n) is 1.28. The van der Waals surface area contributed by atoms with Crippen LogP contribution in [-0.4, -0.2) is 18.2 Å². The molecule has 0 heterocycles. The number of carbonyl (C=O) groups excluding carboxylic acids is 1. The van der Waals surface area contributed by atoms with E-state index in [-0.39, 0.29) is 6.42 Å². The molecule has 0 saturated heterocycles. The van der Waals surface area contributed by atoms with E-state index < -0.39 is 5.91 Å². The minimum Gasteiger partial charge on any atom is -0.494 e. The van der Waals surface area contributed by atoms with Gasteiger partial charge in [-0.05, 0) is 43.7 Å². The van der Waals surface area contributed by atoms with Crippen molar-refractivity contribution in [3.63, 3.8) is 0 Å². The summed E-state index contributed by atoms with van der Waals surface area (Å²) in [5, 5.41) is 12.2. The van der Waals surface area contributed by atoms with Crippen molar-refractivity contribution in [2.45, 2.75) is 20.3 Å². The lowest BCUT2D eigenvalue weighted by Gasteiger charge is -2.05. The van der Waals surface area contributed by atoms with Gasteiger partial charge < -0.3 is 4.74 Å². The highest BCUT2D eigenvalue weighted by molar-refractivity contribution is 5.99. The number of carbonyl (C=O) groups is 1. The first kappa shape index (κ1) is 13.7. The standard InChI is InChI=1S/C13H15N3O2/c1-3-18-12-6-4-11(5-7-12)10(2)15-16-13(17)8-9-14/h4-7H,3,8H2,1-2H3,(H,16,17)/b15-10-. The molecule has 5 heteroatoms. The van der Waals surface area contributed by atoms with Gasteiger partial charge in [-0.25, -0.2) is 5.43 Å². The first-order valence-electron chi connectivity index (χ1n) is 5.60. The van der Waals surface area contributed by atoms with Crippen molar-refractivity contribution in [3.05, 3.63) is 29.8 Å². The Labute approximate surface area is 106 Å². The zero-order valence-electron chi connectivity index (χ0n) is 10.4. The summed E-state index contributed by atoms with van der Waals surface area (Å²) in [4.78, 5) is 11.1. The van der Waals surface area contributed by atoms with Crippen LogP contribution in [0.15, 0.2) is 29.4 Å². The minimum absolute atomic E-state index is 0.194. The molecule has 1 rings (SSSR count). The summed E-state index contributed by atoms with van der Waals surface area (Å²) in [6.45, 7) is 4.32. The molecule has 1 N–H and O–H groups in total. The van der Waals surface area contributed by atoms with Gasteiger partial charge in [-0.1, -0.05) is 0 Å². The highest BCUT2D eigenvalue weighted by Gasteiger charge is 2.01. The Hall–Kier alpha value is -2.35. The third-order valence-electron chi connectivity index (χ3n) is 2.17. The number of nitrogens with one attached hydrogen (secondary N) is 1. The van der Waals surface area contributed by atoms with Crippen LogP contribution in [-0.2, 0) is 4.79 Å². The molecule has 0 radical (unpaired) electrons. The van der Waals surface area contributed by atoms with Crippen LogP contribution < -0.4 is 10.2 Å². The van der Waals surface area contributed by atoms with E-state index in [1.807, 2.05) is 31.2 Å². The van der Waals surface area contributed by atoms with Gasteiger partial charge in [0.05, 0.1) is 18.4 Å². The predicted octanol–water partition coefficient (Wildman–Crippen LogP) is 1.84. The van der Waals surface area contributed by atoms with Crippen molar-refractivity contribution < 1.29 is 9.53 Å². The first-order chi connectivity index (χ1) is 8.67. The van der Waals surface area contributed by atoms with Gasteiger partial charge in [-0.3, -0.25) is 4.79 Å². The van der Waals surface area contributed by atoms with Gasteiger partial charge in [0, 0.05) is 0 Å². The van der Waals surface area contributed by atoms with Crippen LogP contribution in [0.3, 0.4) is 0 Å². The van der Waals surface area contributed by atoms with Crippen molar-refractivity contribution in [3.8, 4) is 11.8 Å². The highest BCUT2D eigenvalue weighted by atomic mass is 16.5. The summed E-state index contributed by atoms with van der Waals surface area (Å²) >= 11 is 0. The van der Waals surface area contributed by atoms with E-state index in [1.54, 1.807) is 13.0 Å². The van der Waals surface area contributed by atoms with E-state index in [2.05, 4.69) is 10.5 Å². The van der Waals surface area contributed by atoms with Crippen LogP contribution in [0.4, 0.5) is 0 Å². The van der Waals surface area contributed by atoms with E-state index in [4.69, 9.17) is 10.00 Å². The number of rotatable bonds is 5. The van der Waals surface area contributed by atoms with E-state index in [0.29, 0.717) is 12.3 Å². The molecule has 0 atom stereocenters. The number of ether oxygens (including phenoxy) is 1. The summed E-state index contributed by atoms with van der Waals surface area (Å²) in [6, 6.07) is 9.16. The lowest BCUT2D eigenvalue weighted by Crippen LogP contribution is -2.18. The summed E-state index contributed by atoms with van der Waals surface area (Å²) in [5.41, 5.74) is 3.87. The molecule has 0 saturated carbocycles. The van der Waals surface area contributed by atoms with Crippen LogP contribution >= 0.6 is 0 Å². The summed E-state index contributed by atoms with van der Waals surface area (Å²) in [5.74, 6) is 0.380. The molecule has 1 aromatic carbocycles. The molecule has 0 fully saturated rings. The molecule has 18 heavy (non-hydrogen) atoms. The number of amides is 1. The molecule has 1 amide bonds. The maximum atomic E-state index is 11.1. The zero-order chi connectivity index (χ0) is 13.4. The summed E-state index contributed by atoms with van der Waals surface area (Å²) in [6.07, 6.45) is -0.194. The van der Waals surface area contributed by atoms with Crippen LogP contribution in [0, 0.1) is 11.3 Å². The summed E-state index contributed by atoms with van der Waals surface area (Å²) < 4.78 is 5.33. The predicted molar refractivity (Wildman–Crippen MR) is 68.2 cm³/mol. The maximum absolute atomic E-state index is 11.1. The molecule has 0 aromatic heterocycles. The second-order valence-corrected chi connectivity index (χ2v) is 3.52. The number of hydrogen-bond donors (Lipinski definition) is 1. The Kier molecular flexibility index (Phi) is 5.39. The summed E-state index contributed by atoms with van der Waals surface area (Å²) in [7, 11) is 0. The molecule has 0 bridgehead atoms. The van der Waals surface area contributed by atoms with Crippen LogP contribution in [0.1, 0.15) is 25.8 Å². The topological polar surface area (TPSA) is 74.5 Å². The molecule has 0 aliphatic heterocycles. The van der Waals surface area contributed by atoms with Crippen LogP contribution in [0.5, 0.6) is 5.75 Å². The average molecular weight is 245 g/mol. The third kappa shape index (κ3) is 4.26. The quantitative estimate of drug-likeness (QED) is 0.635. The number of hydrazone groups is 1. The smallest absolute Gasteiger partial charge is 0.254 e. The normalized spacial score (nSPS) is 10.6. The van der Waals surface area contributed by atoms with Gasteiger partial charge in [-0.2, -0.15) is 10.4 Å². The van der Waals surface area contributed by atoms with Crippen LogP contribution in [0.25, 0.3) is 0 Å². The Balaban J connectivity index is 2.66. The number of nitrogens with zero attached hydrogens (tertiary/aromatic N) is 2. The third-order valence-corrected chi connectivity index (χ3v) is 2.17. The van der Waals surface area contributed by atoms with Crippen LogP contribution in [0.2, 0.25) is 0 Å². The van der Waals surface area contributed by atoms with Gasteiger partial charge in [0.2, 0.25) is 0 Å². The largest absolute Gasteiger partial charge is 0.494 e. The fourth-order valence-corrected chi connectivity index (χ4v) is 1.28.